The van der Waals surface area contributed by atoms with Gasteiger partial charge in [0.05, 0.1) is 17.1 Å². The van der Waals surface area contributed by atoms with E-state index >= 15 is 0 Å². The molecule has 0 spiro atoms. The molecule has 0 aliphatic rings. The number of anilines is 1. The zero-order valence-corrected chi connectivity index (χ0v) is 16.1. The lowest BCUT2D eigenvalue weighted by atomic mass is 10.1. The molecule has 1 heterocycles. The Hall–Kier alpha value is -3.45. The Morgan fingerprint density at radius 1 is 0.862 bits per heavy atom. The lowest BCUT2D eigenvalue weighted by Gasteiger charge is -2.23. The van der Waals surface area contributed by atoms with Crippen LogP contribution in [0, 0.1) is 5.82 Å². The quantitative estimate of drug-likeness (QED) is 0.456. The number of hydrogen-bond donors (Lipinski definition) is 0. The van der Waals surface area contributed by atoms with Gasteiger partial charge in [-0.2, -0.15) is 0 Å². The van der Waals surface area contributed by atoms with Gasteiger partial charge in [0, 0.05) is 11.6 Å². The van der Waals surface area contributed by atoms with E-state index in [1.165, 1.54) is 16.4 Å². The molecule has 146 valence electrons. The van der Waals surface area contributed by atoms with Gasteiger partial charge in [-0.1, -0.05) is 53.7 Å². The second-order valence-corrected chi connectivity index (χ2v) is 8.21. The summed E-state index contributed by atoms with van der Waals surface area (Å²) in [5, 5.41) is 4.04. The van der Waals surface area contributed by atoms with Crippen LogP contribution in [0.5, 0.6) is 0 Å². The summed E-state index contributed by atoms with van der Waals surface area (Å²) in [4.78, 5) is -0.00506. The lowest BCUT2D eigenvalue weighted by Crippen LogP contribution is -2.30. The molecule has 0 amide bonds. The van der Waals surface area contributed by atoms with E-state index in [9.17, 15) is 12.8 Å². The molecule has 0 aliphatic heterocycles. The van der Waals surface area contributed by atoms with Gasteiger partial charge in [0.1, 0.15) is 11.5 Å². The van der Waals surface area contributed by atoms with E-state index in [0.717, 1.165) is 17.7 Å². The van der Waals surface area contributed by atoms with Gasteiger partial charge in [0.2, 0.25) is 0 Å². The van der Waals surface area contributed by atoms with Crippen molar-refractivity contribution >= 4 is 15.7 Å². The maximum absolute atomic E-state index is 13.3. The molecule has 0 fully saturated rings. The summed E-state index contributed by atoms with van der Waals surface area (Å²) in [7, 11) is -3.94. The number of halogens is 1. The first kappa shape index (κ1) is 18.9. The predicted molar refractivity (Wildman–Crippen MR) is 108 cm³/mol. The van der Waals surface area contributed by atoms with Gasteiger partial charge in [0.15, 0.2) is 5.76 Å². The van der Waals surface area contributed by atoms with Crippen molar-refractivity contribution in [1.82, 2.24) is 5.16 Å². The number of hydrogen-bond acceptors (Lipinski definition) is 4. The highest BCUT2D eigenvalue weighted by molar-refractivity contribution is 7.92. The fraction of sp³-hybridized carbons (Fsp3) is 0.0455. The first-order valence-corrected chi connectivity index (χ1v) is 10.3. The Morgan fingerprint density at radius 3 is 2.14 bits per heavy atom. The van der Waals surface area contributed by atoms with Crippen LogP contribution in [0.2, 0.25) is 0 Å². The third-order valence-electron chi connectivity index (χ3n) is 4.37. The van der Waals surface area contributed by atoms with Gasteiger partial charge < -0.3 is 4.52 Å². The molecule has 7 heteroatoms. The van der Waals surface area contributed by atoms with E-state index in [1.807, 2.05) is 30.3 Å². The molecular formula is C22H17FN2O3S. The molecule has 29 heavy (non-hydrogen) atoms. The van der Waals surface area contributed by atoms with Crippen molar-refractivity contribution in [2.75, 3.05) is 4.31 Å². The predicted octanol–water partition coefficient (Wildman–Crippen LogP) is 4.88. The Labute approximate surface area is 168 Å². The summed E-state index contributed by atoms with van der Waals surface area (Å²) >= 11 is 0. The highest BCUT2D eigenvalue weighted by Crippen LogP contribution is 2.27. The van der Waals surface area contributed by atoms with Gasteiger partial charge in [0.25, 0.3) is 10.0 Å². The Kier molecular flexibility index (Phi) is 5.14. The van der Waals surface area contributed by atoms with Crippen LogP contribution < -0.4 is 4.31 Å². The van der Waals surface area contributed by atoms with Gasteiger partial charge in [-0.15, -0.1) is 0 Å². The standard InChI is InChI=1S/C22H17FN2O3S/c23-18-11-13-21(14-12-18)29(26,27)25(20-9-5-2-6-10-20)16-19-15-22(28-24-19)17-7-3-1-4-8-17/h1-15H,16H2. The zero-order chi connectivity index (χ0) is 20.3. The monoisotopic (exact) mass is 408 g/mol. The summed E-state index contributed by atoms with van der Waals surface area (Å²) in [6, 6.07) is 24.6. The smallest absolute Gasteiger partial charge is 0.264 e. The van der Waals surface area contributed by atoms with Crippen LogP contribution >= 0.6 is 0 Å². The molecule has 0 aliphatic carbocycles. The van der Waals surface area contributed by atoms with Gasteiger partial charge in [-0.3, -0.25) is 4.31 Å². The normalized spacial score (nSPS) is 11.3. The number of nitrogens with zero attached hydrogens (tertiary/aromatic N) is 2. The highest BCUT2D eigenvalue weighted by atomic mass is 32.2. The number of para-hydroxylation sites is 1. The third-order valence-corrected chi connectivity index (χ3v) is 6.16. The van der Waals surface area contributed by atoms with E-state index in [4.69, 9.17) is 4.52 Å². The number of sulfonamides is 1. The van der Waals surface area contributed by atoms with E-state index in [0.29, 0.717) is 17.1 Å². The summed E-state index contributed by atoms with van der Waals surface area (Å²) in [6.07, 6.45) is 0. The third kappa shape index (κ3) is 4.05. The van der Waals surface area contributed by atoms with E-state index in [-0.39, 0.29) is 11.4 Å². The van der Waals surface area contributed by atoms with Crippen LogP contribution in [0.1, 0.15) is 5.69 Å². The van der Waals surface area contributed by atoms with E-state index < -0.39 is 15.8 Å². The molecule has 0 saturated heterocycles. The largest absolute Gasteiger partial charge is 0.356 e. The topological polar surface area (TPSA) is 63.4 Å². The highest BCUT2D eigenvalue weighted by Gasteiger charge is 2.26. The lowest BCUT2D eigenvalue weighted by molar-refractivity contribution is 0.424. The number of aromatic nitrogens is 1. The van der Waals surface area contributed by atoms with Crippen molar-refractivity contribution in [3.63, 3.8) is 0 Å². The van der Waals surface area contributed by atoms with Crippen molar-refractivity contribution in [1.29, 1.82) is 0 Å². The molecule has 4 rings (SSSR count). The summed E-state index contributed by atoms with van der Waals surface area (Å²) in [6.45, 7) is -0.0277. The molecule has 0 radical (unpaired) electrons. The number of benzene rings is 3. The van der Waals surface area contributed by atoms with Gasteiger partial charge in [-0.05, 0) is 36.4 Å². The van der Waals surface area contributed by atoms with Crippen LogP contribution in [-0.2, 0) is 16.6 Å². The van der Waals surface area contributed by atoms with Crippen LogP contribution in [-0.4, -0.2) is 13.6 Å². The Balaban J connectivity index is 1.71. The molecule has 1 aromatic heterocycles. The fourth-order valence-electron chi connectivity index (χ4n) is 2.92. The van der Waals surface area contributed by atoms with Gasteiger partial charge >= 0.3 is 0 Å². The van der Waals surface area contributed by atoms with E-state index in [2.05, 4.69) is 5.16 Å². The van der Waals surface area contributed by atoms with Crippen LogP contribution in [0.15, 0.2) is 100 Å². The second-order valence-electron chi connectivity index (χ2n) is 6.35. The van der Waals surface area contributed by atoms with Crippen molar-refractivity contribution < 1.29 is 17.3 Å². The maximum Gasteiger partial charge on any atom is 0.264 e. The zero-order valence-electron chi connectivity index (χ0n) is 15.3. The molecule has 3 aromatic carbocycles. The average Bonchev–Trinajstić information content (AvgIpc) is 3.22. The fourth-order valence-corrected chi connectivity index (χ4v) is 4.35. The maximum atomic E-state index is 13.3. The van der Waals surface area contributed by atoms with E-state index in [1.54, 1.807) is 36.4 Å². The molecule has 0 saturated carbocycles. The minimum absolute atomic E-state index is 0.00506. The summed E-state index contributed by atoms with van der Waals surface area (Å²) in [5.41, 5.74) is 1.78. The molecule has 0 unspecified atom stereocenters. The van der Waals surface area contributed by atoms with Crippen LogP contribution in [0.3, 0.4) is 0 Å². The molecule has 0 atom stereocenters. The average molecular weight is 408 g/mol. The summed E-state index contributed by atoms with van der Waals surface area (Å²) in [5.74, 6) is 0.0482. The molecule has 0 bridgehead atoms. The van der Waals surface area contributed by atoms with Crippen LogP contribution in [0.4, 0.5) is 10.1 Å². The van der Waals surface area contributed by atoms with Crippen molar-refractivity contribution in [3.05, 3.63) is 103 Å². The van der Waals surface area contributed by atoms with Crippen LogP contribution in [0.25, 0.3) is 11.3 Å². The molecule has 0 N–H and O–H groups in total. The van der Waals surface area contributed by atoms with Crippen molar-refractivity contribution in [2.24, 2.45) is 0 Å². The summed E-state index contributed by atoms with van der Waals surface area (Å²) < 4.78 is 46.4. The number of rotatable bonds is 6. The SMILES string of the molecule is O=S(=O)(c1ccc(F)cc1)N(Cc1cc(-c2ccccc2)on1)c1ccccc1. The molecular weight excluding hydrogens is 391 g/mol. The molecule has 5 nitrogen and oxygen atoms in total. The molecule has 4 aromatic rings. The van der Waals surface area contributed by atoms with Crippen molar-refractivity contribution in [3.8, 4) is 11.3 Å². The second kappa shape index (κ2) is 7.89. The first-order valence-electron chi connectivity index (χ1n) is 8.88. The van der Waals surface area contributed by atoms with Crippen molar-refractivity contribution in [2.45, 2.75) is 11.4 Å². The minimum Gasteiger partial charge on any atom is -0.356 e. The Morgan fingerprint density at radius 2 is 1.48 bits per heavy atom. The minimum atomic E-state index is -3.94. The Bertz CT molecular complexity index is 1190. The van der Waals surface area contributed by atoms with Gasteiger partial charge in [-0.25, -0.2) is 12.8 Å². The first-order chi connectivity index (χ1) is 14.0.